The molecule has 0 N–H and O–H groups in total. The van der Waals surface area contributed by atoms with Gasteiger partial charge in [0.25, 0.3) is 5.56 Å². The van der Waals surface area contributed by atoms with E-state index in [4.69, 9.17) is 16.6 Å². The van der Waals surface area contributed by atoms with Gasteiger partial charge in [-0.05, 0) is 52.9 Å². The van der Waals surface area contributed by atoms with Gasteiger partial charge in [0.15, 0.2) is 0 Å². The first-order valence-electron chi connectivity index (χ1n) is 12.5. The summed E-state index contributed by atoms with van der Waals surface area (Å²) in [6, 6.07) is 27.6. The Morgan fingerprint density at radius 2 is 1.62 bits per heavy atom. The summed E-state index contributed by atoms with van der Waals surface area (Å²) in [5.74, 6) is 0.928. The number of halogens is 1. The molecule has 5 nitrogen and oxygen atoms in total. The molecule has 37 heavy (non-hydrogen) atoms. The Labute approximate surface area is 221 Å². The fourth-order valence-corrected chi connectivity index (χ4v) is 4.76. The molecule has 3 aromatic carbocycles. The van der Waals surface area contributed by atoms with Gasteiger partial charge in [-0.2, -0.15) is 5.26 Å². The molecule has 0 spiro atoms. The predicted molar refractivity (Wildman–Crippen MR) is 149 cm³/mol. The van der Waals surface area contributed by atoms with E-state index in [0.29, 0.717) is 29.2 Å². The number of benzene rings is 3. The third-order valence-corrected chi connectivity index (χ3v) is 6.87. The average Bonchev–Trinajstić information content (AvgIpc) is 3.28. The molecule has 0 fully saturated rings. The second-order valence-corrected chi connectivity index (χ2v) is 9.62. The van der Waals surface area contributed by atoms with Crippen LogP contribution in [0, 0.1) is 11.3 Å². The fourth-order valence-electron chi connectivity index (χ4n) is 4.64. The number of aryl methyl sites for hydroxylation is 1. The number of imidazole rings is 1. The summed E-state index contributed by atoms with van der Waals surface area (Å²) in [5, 5.41) is 10.1. The molecule has 2 heterocycles. The van der Waals surface area contributed by atoms with Crippen LogP contribution in [0.4, 0.5) is 0 Å². The van der Waals surface area contributed by atoms with E-state index in [-0.39, 0.29) is 5.56 Å². The van der Waals surface area contributed by atoms with E-state index in [0.717, 1.165) is 52.9 Å². The molecule has 0 saturated heterocycles. The van der Waals surface area contributed by atoms with Crippen LogP contribution in [0.5, 0.6) is 0 Å². The number of nitrogens with zero attached hydrogens (tertiary/aromatic N) is 4. The number of nitriles is 1. The maximum Gasteiger partial charge on any atom is 0.277 e. The summed E-state index contributed by atoms with van der Waals surface area (Å²) in [6.45, 7) is 3.17. The minimum Gasteiger partial charge on any atom is -0.319 e. The van der Waals surface area contributed by atoms with E-state index in [9.17, 15) is 10.1 Å². The van der Waals surface area contributed by atoms with Gasteiger partial charge in [-0.1, -0.05) is 79.5 Å². The molecule has 0 saturated carbocycles. The number of rotatable bonds is 8. The van der Waals surface area contributed by atoms with Crippen molar-refractivity contribution in [2.75, 3.05) is 0 Å². The van der Waals surface area contributed by atoms with Crippen LogP contribution in [-0.2, 0) is 19.5 Å². The molecule has 0 aliphatic rings. The maximum atomic E-state index is 13.7. The Morgan fingerprint density at radius 1 is 0.919 bits per heavy atom. The average molecular weight is 507 g/mol. The topological polar surface area (TPSA) is 63.6 Å². The summed E-state index contributed by atoms with van der Waals surface area (Å²) in [7, 11) is 0. The SMILES string of the molecule is CCCCc1nc2ccn(Cc3ccc(Cl)cc3)c(=O)c2n1Cc1ccc(-c2ccccc2C#N)cc1. The third-order valence-electron chi connectivity index (χ3n) is 6.62. The smallest absolute Gasteiger partial charge is 0.277 e. The molecule has 0 radical (unpaired) electrons. The van der Waals surface area contributed by atoms with Crippen molar-refractivity contribution in [3.05, 3.63) is 123 Å². The Kier molecular flexibility index (Phi) is 7.20. The number of fused-ring (bicyclic) bond motifs is 1. The van der Waals surface area contributed by atoms with Crippen LogP contribution in [0.1, 0.15) is 42.3 Å². The van der Waals surface area contributed by atoms with Crippen molar-refractivity contribution >= 4 is 22.6 Å². The third kappa shape index (κ3) is 5.21. The lowest BCUT2D eigenvalue weighted by atomic mass is 9.99. The largest absolute Gasteiger partial charge is 0.319 e. The van der Waals surface area contributed by atoms with Crippen molar-refractivity contribution in [3.8, 4) is 17.2 Å². The zero-order valence-electron chi connectivity index (χ0n) is 20.7. The lowest BCUT2D eigenvalue weighted by molar-refractivity contribution is 0.684. The van der Waals surface area contributed by atoms with Crippen LogP contribution in [0.15, 0.2) is 89.9 Å². The standard InChI is InChI=1S/C31H27ClN4O/c1-2-3-8-29-34-28-17-18-35(20-22-11-15-26(32)16-12-22)31(37)30(28)36(29)21-23-9-13-24(14-10-23)27-7-5-4-6-25(27)19-33/h4-7,9-18H,2-3,8,20-21H2,1H3. The minimum absolute atomic E-state index is 0.0535. The van der Waals surface area contributed by atoms with Crippen molar-refractivity contribution in [3.63, 3.8) is 0 Å². The molecule has 2 aromatic heterocycles. The predicted octanol–water partition coefficient (Wildman–Crippen LogP) is 6.83. The zero-order valence-corrected chi connectivity index (χ0v) is 21.4. The van der Waals surface area contributed by atoms with Gasteiger partial charge in [0, 0.05) is 24.2 Å². The van der Waals surface area contributed by atoms with Crippen LogP contribution >= 0.6 is 11.6 Å². The summed E-state index contributed by atoms with van der Waals surface area (Å²) < 4.78 is 3.80. The highest BCUT2D eigenvalue weighted by atomic mass is 35.5. The number of hydrogen-bond acceptors (Lipinski definition) is 3. The Balaban J connectivity index is 1.52. The highest BCUT2D eigenvalue weighted by molar-refractivity contribution is 6.30. The van der Waals surface area contributed by atoms with E-state index in [1.807, 2.05) is 72.9 Å². The summed E-state index contributed by atoms with van der Waals surface area (Å²) in [5.41, 5.74) is 5.94. The highest BCUT2D eigenvalue weighted by Gasteiger charge is 2.16. The molecule has 5 rings (SSSR count). The highest BCUT2D eigenvalue weighted by Crippen LogP contribution is 2.24. The number of aromatic nitrogens is 3. The Bertz CT molecular complexity index is 1640. The van der Waals surface area contributed by atoms with Crippen LogP contribution in [-0.4, -0.2) is 14.1 Å². The molecular weight excluding hydrogens is 480 g/mol. The summed E-state index contributed by atoms with van der Waals surface area (Å²) in [4.78, 5) is 18.5. The molecule has 6 heteroatoms. The van der Waals surface area contributed by atoms with Gasteiger partial charge in [-0.15, -0.1) is 0 Å². The van der Waals surface area contributed by atoms with Crippen LogP contribution < -0.4 is 5.56 Å². The first-order chi connectivity index (χ1) is 18.1. The maximum absolute atomic E-state index is 13.7. The molecule has 5 aromatic rings. The van der Waals surface area contributed by atoms with Gasteiger partial charge in [-0.3, -0.25) is 4.79 Å². The second-order valence-electron chi connectivity index (χ2n) is 9.18. The van der Waals surface area contributed by atoms with Gasteiger partial charge in [0.1, 0.15) is 11.3 Å². The van der Waals surface area contributed by atoms with Gasteiger partial charge in [-0.25, -0.2) is 4.98 Å². The first-order valence-corrected chi connectivity index (χ1v) is 12.9. The quantitative estimate of drug-likeness (QED) is 0.232. The molecule has 0 aliphatic carbocycles. The van der Waals surface area contributed by atoms with Crippen LogP contribution in [0.3, 0.4) is 0 Å². The van der Waals surface area contributed by atoms with Crippen molar-refractivity contribution in [2.45, 2.75) is 39.3 Å². The van der Waals surface area contributed by atoms with Crippen molar-refractivity contribution in [1.29, 1.82) is 5.26 Å². The van der Waals surface area contributed by atoms with Crippen molar-refractivity contribution < 1.29 is 0 Å². The molecule has 0 aliphatic heterocycles. The molecular formula is C31H27ClN4O. The lowest BCUT2D eigenvalue weighted by Crippen LogP contribution is -2.22. The molecule has 184 valence electrons. The van der Waals surface area contributed by atoms with E-state index < -0.39 is 0 Å². The van der Waals surface area contributed by atoms with Crippen LogP contribution in [0.2, 0.25) is 5.02 Å². The molecule has 0 bridgehead atoms. The van der Waals surface area contributed by atoms with E-state index >= 15 is 0 Å². The number of hydrogen-bond donors (Lipinski definition) is 0. The normalized spacial score (nSPS) is 11.1. The van der Waals surface area contributed by atoms with Crippen LogP contribution in [0.25, 0.3) is 22.2 Å². The zero-order chi connectivity index (χ0) is 25.8. The Morgan fingerprint density at radius 3 is 2.35 bits per heavy atom. The Hall–Kier alpha value is -4.14. The van der Waals surface area contributed by atoms with Gasteiger partial charge >= 0.3 is 0 Å². The second kappa shape index (κ2) is 10.9. The number of unbranched alkanes of at least 4 members (excludes halogenated alkanes) is 1. The molecule has 0 amide bonds. The first kappa shape index (κ1) is 24.5. The number of pyridine rings is 1. The van der Waals surface area contributed by atoms with E-state index in [1.54, 1.807) is 4.57 Å². The minimum atomic E-state index is -0.0535. The fraction of sp³-hybridized carbons (Fsp3) is 0.194. The molecule has 0 unspecified atom stereocenters. The summed E-state index contributed by atoms with van der Waals surface area (Å²) in [6.07, 6.45) is 4.69. The molecule has 0 atom stereocenters. The monoisotopic (exact) mass is 506 g/mol. The van der Waals surface area contributed by atoms with Gasteiger partial charge in [0.05, 0.1) is 23.7 Å². The van der Waals surface area contributed by atoms with Gasteiger partial charge in [0.2, 0.25) is 0 Å². The van der Waals surface area contributed by atoms with Gasteiger partial charge < -0.3 is 9.13 Å². The summed E-state index contributed by atoms with van der Waals surface area (Å²) >= 11 is 6.03. The van der Waals surface area contributed by atoms with E-state index in [2.05, 4.69) is 29.7 Å². The van der Waals surface area contributed by atoms with Crippen molar-refractivity contribution in [1.82, 2.24) is 14.1 Å². The lowest BCUT2D eigenvalue weighted by Gasteiger charge is -2.12. The van der Waals surface area contributed by atoms with E-state index in [1.165, 1.54) is 0 Å². The van der Waals surface area contributed by atoms with Crippen molar-refractivity contribution in [2.24, 2.45) is 0 Å².